The molecule has 0 heterocycles. The third kappa shape index (κ3) is 5.43. The molecule has 0 saturated heterocycles. The topological polar surface area (TPSA) is 41.1 Å². The van der Waals surface area contributed by atoms with Gasteiger partial charge >= 0.3 is 0 Å². The number of hydrogen-bond donors (Lipinski definition) is 2. The molecule has 0 bridgehead atoms. The van der Waals surface area contributed by atoms with Gasteiger partial charge in [-0.3, -0.25) is 4.79 Å². The van der Waals surface area contributed by atoms with Crippen LogP contribution in [0.15, 0.2) is 24.3 Å². The molecule has 0 aliphatic rings. The minimum absolute atomic E-state index is 0.0707. The van der Waals surface area contributed by atoms with E-state index in [1.807, 2.05) is 19.1 Å². The molecule has 1 aromatic rings. The second kappa shape index (κ2) is 7.95. The highest BCUT2D eigenvalue weighted by Gasteiger charge is 2.10. The molecule has 2 N–H and O–H groups in total. The molecule has 3 nitrogen and oxygen atoms in total. The number of aryl methyl sites for hydroxylation is 1. The predicted molar refractivity (Wildman–Crippen MR) is 80.1 cm³/mol. The average Bonchev–Trinajstić information content (AvgIpc) is 2.36. The number of benzene rings is 1. The highest BCUT2D eigenvalue weighted by molar-refractivity contribution is 5.78. The van der Waals surface area contributed by atoms with Gasteiger partial charge in [0.25, 0.3) is 0 Å². The standard InChI is InChI=1S/C16H26N2O/c1-5-8-13(3)18-16(19)11-17-14(4)15-10-7-6-9-12(15)2/h6-7,9-10,13-14,17H,5,8,11H2,1-4H3,(H,18,19). The van der Waals surface area contributed by atoms with E-state index in [0.29, 0.717) is 6.54 Å². The van der Waals surface area contributed by atoms with Gasteiger partial charge in [0.1, 0.15) is 0 Å². The molecular weight excluding hydrogens is 236 g/mol. The SMILES string of the molecule is CCCC(C)NC(=O)CNC(C)c1ccccc1C. The molecule has 0 spiro atoms. The Bertz CT molecular complexity index is 403. The molecule has 3 heteroatoms. The van der Waals surface area contributed by atoms with Crippen molar-refractivity contribution >= 4 is 5.91 Å². The summed E-state index contributed by atoms with van der Waals surface area (Å²) in [6.45, 7) is 8.72. The number of hydrogen-bond acceptors (Lipinski definition) is 2. The first-order chi connectivity index (χ1) is 9.04. The van der Waals surface area contributed by atoms with E-state index in [-0.39, 0.29) is 18.0 Å². The molecule has 1 aromatic carbocycles. The van der Waals surface area contributed by atoms with E-state index in [2.05, 4.69) is 43.5 Å². The summed E-state index contributed by atoms with van der Waals surface area (Å²) in [4.78, 5) is 11.8. The van der Waals surface area contributed by atoms with Crippen LogP contribution in [0.4, 0.5) is 0 Å². The van der Waals surface area contributed by atoms with Gasteiger partial charge in [-0.05, 0) is 38.3 Å². The summed E-state index contributed by atoms with van der Waals surface area (Å²) in [6.07, 6.45) is 2.12. The molecule has 0 fully saturated rings. The van der Waals surface area contributed by atoms with Gasteiger partial charge in [0.05, 0.1) is 6.54 Å². The van der Waals surface area contributed by atoms with Crippen LogP contribution in [0.2, 0.25) is 0 Å². The van der Waals surface area contributed by atoms with Crippen LogP contribution in [0.25, 0.3) is 0 Å². The van der Waals surface area contributed by atoms with Gasteiger partial charge in [-0.25, -0.2) is 0 Å². The van der Waals surface area contributed by atoms with E-state index in [1.54, 1.807) is 0 Å². The van der Waals surface area contributed by atoms with Crippen LogP contribution in [0.3, 0.4) is 0 Å². The Kier molecular flexibility index (Phi) is 6.57. The van der Waals surface area contributed by atoms with Gasteiger partial charge in [0, 0.05) is 12.1 Å². The Morgan fingerprint density at radius 2 is 1.95 bits per heavy atom. The zero-order valence-electron chi connectivity index (χ0n) is 12.5. The number of rotatable bonds is 7. The summed E-state index contributed by atoms with van der Waals surface area (Å²) in [5, 5.41) is 6.28. The summed E-state index contributed by atoms with van der Waals surface area (Å²) in [7, 11) is 0. The molecule has 0 saturated carbocycles. The minimum atomic E-state index is 0.0707. The largest absolute Gasteiger partial charge is 0.353 e. The van der Waals surface area contributed by atoms with Crippen LogP contribution < -0.4 is 10.6 Å². The zero-order valence-corrected chi connectivity index (χ0v) is 12.5. The third-order valence-electron chi connectivity index (χ3n) is 3.35. The van der Waals surface area contributed by atoms with Gasteiger partial charge in [0.15, 0.2) is 0 Å². The van der Waals surface area contributed by atoms with Crippen molar-refractivity contribution in [1.82, 2.24) is 10.6 Å². The van der Waals surface area contributed by atoms with Crippen LogP contribution in [-0.2, 0) is 4.79 Å². The Morgan fingerprint density at radius 3 is 2.58 bits per heavy atom. The molecule has 0 radical (unpaired) electrons. The maximum absolute atomic E-state index is 11.8. The van der Waals surface area contributed by atoms with Crippen molar-refractivity contribution in [2.75, 3.05) is 6.54 Å². The molecule has 1 rings (SSSR count). The first-order valence-electron chi connectivity index (χ1n) is 7.12. The van der Waals surface area contributed by atoms with E-state index in [0.717, 1.165) is 12.8 Å². The first-order valence-corrected chi connectivity index (χ1v) is 7.12. The summed E-state index contributed by atoms with van der Waals surface area (Å²) in [6, 6.07) is 8.71. The lowest BCUT2D eigenvalue weighted by atomic mass is 10.0. The fourth-order valence-electron chi connectivity index (χ4n) is 2.26. The van der Waals surface area contributed by atoms with Crippen LogP contribution in [0.1, 0.15) is 50.8 Å². The van der Waals surface area contributed by atoms with Crippen molar-refractivity contribution in [3.63, 3.8) is 0 Å². The van der Waals surface area contributed by atoms with Crippen molar-refractivity contribution < 1.29 is 4.79 Å². The Morgan fingerprint density at radius 1 is 1.26 bits per heavy atom. The highest BCUT2D eigenvalue weighted by atomic mass is 16.1. The fraction of sp³-hybridized carbons (Fsp3) is 0.562. The Balaban J connectivity index is 2.40. The molecule has 19 heavy (non-hydrogen) atoms. The number of amides is 1. The van der Waals surface area contributed by atoms with Crippen molar-refractivity contribution in [3.8, 4) is 0 Å². The lowest BCUT2D eigenvalue weighted by Crippen LogP contribution is -2.39. The van der Waals surface area contributed by atoms with Crippen molar-refractivity contribution in [3.05, 3.63) is 35.4 Å². The van der Waals surface area contributed by atoms with E-state index in [9.17, 15) is 4.79 Å². The fourth-order valence-corrected chi connectivity index (χ4v) is 2.26. The number of carbonyl (C=O) groups is 1. The van der Waals surface area contributed by atoms with Crippen LogP contribution >= 0.6 is 0 Å². The molecule has 1 amide bonds. The molecule has 0 aromatic heterocycles. The third-order valence-corrected chi connectivity index (χ3v) is 3.35. The lowest BCUT2D eigenvalue weighted by Gasteiger charge is -2.18. The summed E-state index contributed by atoms with van der Waals surface area (Å²) >= 11 is 0. The smallest absolute Gasteiger partial charge is 0.234 e. The number of nitrogens with one attached hydrogen (secondary N) is 2. The van der Waals surface area contributed by atoms with Gasteiger partial charge in [0.2, 0.25) is 5.91 Å². The second-order valence-corrected chi connectivity index (χ2v) is 5.22. The monoisotopic (exact) mass is 262 g/mol. The van der Waals surface area contributed by atoms with Gasteiger partial charge in [-0.1, -0.05) is 37.6 Å². The van der Waals surface area contributed by atoms with E-state index >= 15 is 0 Å². The van der Waals surface area contributed by atoms with E-state index in [1.165, 1.54) is 11.1 Å². The van der Waals surface area contributed by atoms with Gasteiger partial charge < -0.3 is 10.6 Å². The normalized spacial score (nSPS) is 13.9. The highest BCUT2D eigenvalue weighted by Crippen LogP contribution is 2.16. The van der Waals surface area contributed by atoms with Crippen LogP contribution in [0, 0.1) is 6.92 Å². The predicted octanol–water partition coefficient (Wildman–Crippen LogP) is 2.95. The maximum atomic E-state index is 11.8. The van der Waals surface area contributed by atoms with Crippen molar-refractivity contribution in [2.24, 2.45) is 0 Å². The maximum Gasteiger partial charge on any atom is 0.234 e. The van der Waals surface area contributed by atoms with E-state index in [4.69, 9.17) is 0 Å². The Labute approximate surface area is 116 Å². The Hall–Kier alpha value is -1.35. The number of carbonyl (C=O) groups excluding carboxylic acids is 1. The molecule has 106 valence electrons. The second-order valence-electron chi connectivity index (χ2n) is 5.22. The first kappa shape index (κ1) is 15.7. The molecule has 0 aliphatic carbocycles. The van der Waals surface area contributed by atoms with Crippen LogP contribution in [-0.4, -0.2) is 18.5 Å². The molecule has 2 unspecified atom stereocenters. The van der Waals surface area contributed by atoms with Gasteiger partial charge in [-0.15, -0.1) is 0 Å². The minimum Gasteiger partial charge on any atom is -0.353 e. The van der Waals surface area contributed by atoms with Crippen molar-refractivity contribution in [2.45, 2.75) is 52.6 Å². The van der Waals surface area contributed by atoms with Gasteiger partial charge in [-0.2, -0.15) is 0 Å². The molecular formula is C16H26N2O. The quantitative estimate of drug-likeness (QED) is 0.793. The lowest BCUT2D eigenvalue weighted by molar-refractivity contribution is -0.121. The van der Waals surface area contributed by atoms with Crippen molar-refractivity contribution in [1.29, 1.82) is 0 Å². The summed E-state index contributed by atoms with van der Waals surface area (Å²) in [5.41, 5.74) is 2.50. The van der Waals surface area contributed by atoms with E-state index < -0.39 is 0 Å². The molecule has 0 aliphatic heterocycles. The molecule has 2 atom stereocenters. The van der Waals surface area contributed by atoms with Crippen LogP contribution in [0.5, 0.6) is 0 Å². The summed E-state index contributed by atoms with van der Waals surface area (Å²) in [5.74, 6) is 0.0707. The zero-order chi connectivity index (χ0) is 14.3. The summed E-state index contributed by atoms with van der Waals surface area (Å²) < 4.78 is 0. The average molecular weight is 262 g/mol.